The molecule has 0 aliphatic carbocycles. The second-order valence-corrected chi connectivity index (χ2v) is 4.74. The van der Waals surface area contributed by atoms with Crippen LogP contribution in [0.2, 0.25) is 0 Å². The summed E-state index contributed by atoms with van der Waals surface area (Å²) >= 11 is 0. The Hall–Kier alpha value is -1.41. The van der Waals surface area contributed by atoms with Crippen molar-refractivity contribution in [2.75, 3.05) is 12.8 Å². The molecule has 15 heavy (non-hydrogen) atoms. The maximum atomic E-state index is 11.3. The van der Waals surface area contributed by atoms with Gasteiger partial charge in [-0.25, -0.2) is 18.1 Å². The number of carbonyl (C=O) groups is 1. The highest BCUT2D eigenvalue weighted by Gasteiger charge is 2.13. The lowest BCUT2D eigenvalue weighted by atomic mass is 10.5. The molecule has 1 aromatic heterocycles. The monoisotopic (exact) mass is 232 g/mol. The molecule has 0 saturated heterocycles. The largest absolute Gasteiger partial charge is 0.335 e. The van der Waals surface area contributed by atoms with Crippen LogP contribution in [0.25, 0.3) is 0 Å². The van der Waals surface area contributed by atoms with E-state index in [4.69, 9.17) is 5.73 Å². The Morgan fingerprint density at radius 2 is 2.33 bits per heavy atom. The number of nitrogens with two attached hydrogens (primary N) is 1. The van der Waals surface area contributed by atoms with E-state index in [0.717, 1.165) is 6.26 Å². The Morgan fingerprint density at radius 3 is 2.87 bits per heavy atom. The normalized spacial score (nSPS) is 11.3. The summed E-state index contributed by atoms with van der Waals surface area (Å²) in [6, 6.07) is 0. The van der Waals surface area contributed by atoms with Gasteiger partial charge in [0.05, 0.1) is 12.6 Å². The molecule has 0 bridgehead atoms. The molecule has 1 amide bonds. The molecule has 0 atom stereocenters. The van der Waals surface area contributed by atoms with Crippen molar-refractivity contribution in [2.24, 2.45) is 5.73 Å². The van der Waals surface area contributed by atoms with Gasteiger partial charge in [-0.2, -0.15) is 0 Å². The van der Waals surface area contributed by atoms with Crippen molar-refractivity contribution in [2.45, 2.75) is 6.54 Å². The van der Waals surface area contributed by atoms with Crippen molar-refractivity contribution in [1.29, 1.82) is 0 Å². The number of aromatic nitrogens is 2. The van der Waals surface area contributed by atoms with E-state index in [0.29, 0.717) is 13.1 Å². The standard InChI is InChI=1S/C7H12N4O3S/c1-15(13,14)10-7(12)6-4-11(3-2-8)5-9-6/h4-5H,2-3,8H2,1H3,(H,10,12). The molecule has 8 heteroatoms. The Balaban J connectivity index is 2.74. The zero-order valence-corrected chi connectivity index (χ0v) is 8.99. The fourth-order valence-electron chi connectivity index (χ4n) is 0.969. The summed E-state index contributed by atoms with van der Waals surface area (Å²) < 4.78 is 24.9. The first-order chi connectivity index (χ1) is 6.92. The molecule has 0 saturated carbocycles. The van der Waals surface area contributed by atoms with Gasteiger partial charge in [0, 0.05) is 19.3 Å². The quantitative estimate of drug-likeness (QED) is 0.659. The highest BCUT2D eigenvalue weighted by Crippen LogP contribution is 1.96. The molecule has 0 unspecified atom stereocenters. The molecule has 0 spiro atoms. The van der Waals surface area contributed by atoms with Crippen LogP contribution in [-0.4, -0.2) is 36.7 Å². The lowest BCUT2D eigenvalue weighted by Crippen LogP contribution is -2.29. The zero-order valence-electron chi connectivity index (χ0n) is 8.17. The van der Waals surface area contributed by atoms with Crippen molar-refractivity contribution in [3.8, 4) is 0 Å². The smallest absolute Gasteiger partial charge is 0.284 e. The van der Waals surface area contributed by atoms with E-state index in [1.165, 1.54) is 12.5 Å². The second-order valence-electron chi connectivity index (χ2n) is 2.99. The number of amides is 1. The van der Waals surface area contributed by atoms with E-state index < -0.39 is 15.9 Å². The van der Waals surface area contributed by atoms with E-state index in [2.05, 4.69) is 4.98 Å². The van der Waals surface area contributed by atoms with E-state index in [9.17, 15) is 13.2 Å². The zero-order chi connectivity index (χ0) is 11.5. The van der Waals surface area contributed by atoms with Gasteiger partial charge in [-0.15, -0.1) is 0 Å². The van der Waals surface area contributed by atoms with Gasteiger partial charge >= 0.3 is 0 Å². The predicted octanol–water partition coefficient (Wildman–Crippen LogP) is -1.47. The van der Waals surface area contributed by atoms with Crippen molar-refractivity contribution in [3.63, 3.8) is 0 Å². The first kappa shape index (κ1) is 11.7. The molecule has 7 nitrogen and oxygen atoms in total. The van der Waals surface area contributed by atoms with Crippen molar-refractivity contribution in [1.82, 2.24) is 14.3 Å². The van der Waals surface area contributed by atoms with Crippen LogP contribution < -0.4 is 10.5 Å². The molecule has 1 aromatic rings. The molecule has 1 rings (SSSR count). The van der Waals surface area contributed by atoms with E-state index in [1.54, 1.807) is 4.57 Å². The Labute approximate surface area is 87.3 Å². The Bertz CT molecular complexity index is 451. The number of rotatable bonds is 4. The summed E-state index contributed by atoms with van der Waals surface area (Å²) in [4.78, 5) is 15.0. The maximum Gasteiger partial charge on any atom is 0.284 e. The number of sulfonamides is 1. The lowest BCUT2D eigenvalue weighted by molar-refractivity contribution is 0.0977. The van der Waals surface area contributed by atoms with E-state index in [1.807, 2.05) is 4.72 Å². The van der Waals surface area contributed by atoms with Crippen LogP contribution >= 0.6 is 0 Å². The summed E-state index contributed by atoms with van der Waals surface area (Å²) in [6.45, 7) is 0.947. The van der Waals surface area contributed by atoms with Gasteiger partial charge in [-0.3, -0.25) is 4.79 Å². The number of carbonyl (C=O) groups excluding carboxylic acids is 1. The number of hydrogen-bond donors (Lipinski definition) is 2. The van der Waals surface area contributed by atoms with E-state index in [-0.39, 0.29) is 5.69 Å². The van der Waals surface area contributed by atoms with Gasteiger partial charge in [-0.05, 0) is 0 Å². The average Bonchev–Trinajstić information content (AvgIpc) is 2.50. The number of imidazole rings is 1. The van der Waals surface area contributed by atoms with Crippen molar-refractivity contribution < 1.29 is 13.2 Å². The summed E-state index contributed by atoms with van der Waals surface area (Å²) in [5.41, 5.74) is 5.35. The van der Waals surface area contributed by atoms with Gasteiger partial charge in [-0.1, -0.05) is 0 Å². The van der Waals surface area contributed by atoms with Gasteiger partial charge in [0.25, 0.3) is 5.91 Å². The summed E-state index contributed by atoms with van der Waals surface area (Å²) in [7, 11) is -3.55. The minimum atomic E-state index is -3.55. The van der Waals surface area contributed by atoms with Crippen molar-refractivity contribution >= 4 is 15.9 Å². The molecule has 84 valence electrons. The molecule has 1 heterocycles. The summed E-state index contributed by atoms with van der Waals surface area (Å²) in [5, 5.41) is 0. The molecule has 0 aromatic carbocycles. The van der Waals surface area contributed by atoms with E-state index >= 15 is 0 Å². The van der Waals surface area contributed by atoms with Crippen LogP contribution in [0.1, 0.15) is 10.5 Å². The van der Waals surface area contributed by atoms with Gasteiger partial charge < -0.3 is 10.3 Å². The summed E-state index contributed by atoms with van der Waals surface area (Å²) in [6.07, 6.45) is 3.76. The Morgan fingerprint density at radius 1 is 1.67 bits per heavy atom. The molecule has 3 N–H and O–H groups in total. The van der Waals surface area contributed by atoms with Gasteiger partial charge in [0.2, 0.25) is 10.0 Å². The lowest BCUT2D eigenvalue weighted by Gasteiger charge is -1.98. The molecular weight excluding hydrogens is 220 g/mol. The van der Waals surface area contributed by atoms with Crippen LogP contribution in [0.5, 0.6) is 0 Å². The predicted molar refractivity (Wildman–Crippen MR) is 53.6 cm³/mol. The summed E-state index contributed by atoms with van der Waals surface area (Å²) in [5.74, 6) is -0.742. The third-order valence-electron chi connectivity index (χ3n) is 1.53. The highest BCUT2D eigenvalue weighted by molar-refractivity contribution is 7.89. The highest BCUT2D eigenvalue weighted by atomic mass is 32.2. The number of hydrogen-bond acceptors (Lipinski definition) is 5. The van der Waals surface area contributed by atoms with Crippen LogP contribution in [0.4, 0.5) is 0 Å². The molecular formula is C7H12N4O3S. The molecule has 0 radical (unpaired) electrons. The number of nitrogens with zero attached hydrogens (tertiary/aromatic N) is 2. The average molecular weight is 232 g/mol. The van der Waals surface area contributed by atoms with Crippen LogP contribution in [-0.2, 0) is 16.6 Å². The first-order valence-electron chi connectivity index (χ1n) is 4.16. The van der Waals surface area contributed by atoms with Gasteiger partial charge in [0.15, 0.2) is 0 Å². The van der Waals surface area contributed by atoms with Crippen LogP contribution in [0.15, 0.2) is 12.5 Å². The third kappa shape index (κ3) is 3.68. The fraction of sp³-hybridized carbons (Fsp3) is 0.429. The van der Waals surface area contributed by atoms with Crippen LogP contribution in [0, 0.1) is 0 Å². The Kier molecular flexibility index (Phi) is 3.43. The number of nitrogens with one attached hydrogen (secondary N) is 1. The topological polar surface area (TPSA) is 107 Å². The van der Waals surface area contributed by atoms with Crippen molar-refractivity contribution in [3.05, 3.63) is 18.2 Å². The SMILES string of the molecule is CS(=O)(=O)NC(=O)c1cn(CCN)cn1. The minimum Gasteiger partial charge on any atom is -0.335 e. The fourth-order valence-corrected chi connectivity index (χ4v) is 1.41. The third-order valence-corrected chi connectivity index (χ3v) is 2.09. The van der Waals surface area contributed by atoms with Crippen LogP contribution in [0.3, 0.4) is 0 Å². The molecule has 0 aliphatic heterocycles. The second kappa shape index (κ2) is 4.41. The van der Waals surface area contributed by atoms with Gasteiger partial charge in [0.1, 0.15) is 5.69 Å². The minimum absolute atomic E-state index is 0.0499. The first-order valence-corrected chi connectivity index (χ1v) is 6.05. The maximum absolute atomic E-state index is 11.3. The molecule has 0 aliphatic rings. The molecule has 0 fully saturated rings.